The zero-order chi connectivity index (χ0) is 15.7. The van der Waals surface area contributed by atoms with Gasteiger partial charge in [0.2, 0.25) is 0 Å². The van der Waals surface area contributed by atoms with Crippen molar-refractivity contribution < 1.29 is 0 Å². The van der Waals surface area contributed by atoms with Gasteiger partial charge in [-0.05, 0) is 68.4 Å². The average molecular weight is 296 g/mol. The first-order chi connectivity index (χ1) is 10.6. The summed E-state index contributed by atoms with van der Waals surface area (Å²) in [6, 6.07) is 10.7. The van der Waals surface area contributed by atoms with E-state index < -0.39 is 0 Å². The van der Waals surface area contributed by atoms with Gasteiger partial charge in [-0.2, -0.15) is 0 Å². The highest BCUT2D eigenvalue weighted by molar-refractivity contribution is 5.62. The average Bonchev–Trinajstić information content (AvgIpc) is 2.53. The number of rotatable bonds is 3. The molecule has 0 fully saturated rings. The normalized spacial score (nSPS) is 14.2. The number of aryl methyl sites for hydroxylation is 2. The van der Waals surface area contributed by atoms with E-state index >= 15 is 0 Å². The highest BCUT2D eigenvalue weighted by Gasteiger charge is 2.15. The van der Waals surface area contributed by atoms with Gasteiger partial charge in [0, 0.05) is 18.2 Å². The van der Waals surface area contributed by atoms with Gasteiger partial charge in [0.1, 0.15) is 0 Å². The van der Waals surface area contributed by atoms with E-state index in [0.717, 1.165) is 17.7 Å². The summed E-state index contributed by atoms with van der Waals surface area (Å²) >= 11 is 0. The van der Waals surface area contributed by atoms with Crippen molar-refractivity contribution in [2.45, 2.75) is 52.1 Å². The van der Waals surface area contributed by atoms with Gasteiger partial charge in [-0.3, -0.25) is 4.79 Å². The number of aromatic nitrogens is 1. The predicted octanol–water partition coefficient (Wildman–Crippen LogP) is 3.43. The SMILES string of the molecule is CC(C)n1c(-c2ccc3c(c2)CCCC3)ccc(CN)c1=O. The molecule has 0 amide bonds. The summed E-state index contributed by atoms with van der Waals surface area (Å²) in [6.45, 7) is 4.38. The molecule has 1 aliphatic rings. The summed E-state index contributed by atoms with van der Waals surface area (Å²) in [5.74, 6) is 0. The molecule has 2 aromatic rings. The Balaban J connectivity index is 2.16. The van der Waals surface area contributed by atoms with Crippen LogP contribution < -0.4 is 11.3 Å². The third-order valence-corrected chi connectivity index (χ3v) is 4.58. The molecule has 116 valence electrons. The lowest BCUT2D eigenvalue weighted by molar-refractivity contribution is 0.579. The first-order valence-electron chi connectivity index (χ1n) is 8.18. The van der Waals surface area contributed by atoms with Crippen LogP contribution in [0.1, 0.15) is 49.4 Å². The Morgan fingerprint density at radius 2 is 1.82 bits per heavy atom. The van der Waals surface area contributed by atoms with Crippen LogP contribution >= 0.6 is 0 Å². The maximum atomic E-state index is 12.6. The van der Waals surface area contributed by atoms with E-state index in [0.29, 0.717) is 5.56 Å². The van der Waals surface area contributed by atoms with E-state index in [4.69, 9.17) is 5.73 Å². The summed E-state index contributed by atoms with van der Waals surface area (Å²) in [4.78, 5) is 12.6. The number of pyridine rings is 1. The lowest BCUT2D eigenvalue weighted by atomic mass is 9.89. The van der Waals surface area contributed by atoms with Crippen molar-refractivity contribution in [3.63, 3.8) is 0 Å². The zero-order valence-corrected chi connectivity index (χ0v) is 13.4. The molecule has 0 saturated carbocycles. The van der Waals surface area contributed by atoms with Gasteiger partial charge in [-0.15, -0.1) is 0 Å². The summed E-state index contributed by atoms with van der Waals surface area (Å²) < 4.78 is 1.87. The van der Waals surface area contributed by atoms with Crippen molar-refractivity contribution in [1.29, 1.82) is 0 Å². The number of hydrogen-bond acceptors (Lipinski definition) is 2. The summed E-state index contributed by atoms with van der Waals surface area (Å²) in [5.41, 5.74) is 11.4. The molecule has 3 heteroatoms. The molecule has 1 heterocycles. The first-order valence-corrected chi connectivity index (χ1v) is 8.18. The largest absolute Gasteiger partial charge is 0.326 e. The molecule has 0 aliphatic heterocycles. The fraction of sp³-hybridized carbons (Fsp3) is 0.421. The van der Waals surface area contributed by atoms with Crippen molar-refractivity contribution in [3.8, 4) is 11.3 Å². The lowest BCUT2D eigenvalue weighted by Crippen LogP contribution is -2.27. The van der Waals surface area contributed by atoms with Gasteiger partial charge < -0.3 is 10.3 Å². The van der Waals surface area contributed by atoms with E-state index in [1.165, 1.54) is 30.4 Å². The molecule has 0 saturated heterocycles. The second kappa shape index (κ2) is 6.09. The van der Waals surface area contributed by atoms with Crippen molar-refractivity contribution >= 4 is 0 Å². The Morgan fingerprint density at radius 1 is 1.09 bits per heavy atom. The predicted molar refractivity (Wildman–Crippen MR) is 91.1 cm³/mol. The molecule has 3 nitrogen and oxygen atoms in total. The monoisotopic (exact) mass is 296 g/mol. The Bertz CT molecular complexity index is 744. The molecule has 0 spiro atoms. The molecule has 2 N–H and O–H groups in total. The second-order valence-corrected chi connectivity index (χ2v) is 6.41. The smallest absolute Gasteiger partial charge is 0.255 e. The van der Waals surface area contributed by atoms with Gasteiger partial charge in [-0.1, -0.05) is 18.2 Å². The number of fused-ring (bicyclic) bond motifs is 1. The second-order valence-electron chi connectivity index (χ2n) is 6.41. The van der Waals surface area contributed by atoms with Crippen LogP contribution in [0, 0.1) is 0 Å². The molecule has 22 heavy (non-hydrogen) atoms. The molecule has 3 rings (SSSR count). The minimum atomic E-state index is 0.0349. The molecule has 0 unspecified atom stereocenters. The van der Waals surface area contributed by atoms with Gasteiger partial charge in [0.25, 0.3) is 5.56 Å². The molecule has 0 atom stereocenters. The highest BCUT2D eigenvalue weighted by atomic mass is 16.1. The lowest BCUT2D eigenvalue weighted by Gasteiger charge is -2.20. The topological polar surface area (TPSA) is 48.0 Å². The Labute approximate surface area is 131 Å². The maximum absolute atomic E-state index is 12.6. The van der Waals surface area contributed by atoms with Crippen LogP contribution in [0.4, 0.5) is 0 Å². The summed E-state index contributed by atoms with van der Waals surface area (Å²) in [6.07, 6.45) is 4.88. The third kappa shape index (κ3) is 2.61. The van der Waals surface area contributed by atoms with E-state index in [2.05, 4.69) is 18.2 Å². The van der Waals surface area contributed by atoms with Crippen molar-refractivity contribution in [2.75, 3.05) is 0 Å². The van der Waals surface area contributed by atoms with Gasteiger partial charge in [-0.25, -0.2) is 0 Å². The number of benzene rings is 1. The Kier molecular flexibility index (Phi) is 4.16. The fourth-order valence-corrected chi connectivity index (χ4v) is 3.39. The summed E-state index contributed by atoms with van der Waals surface area (Å²) in [5, 5.41) is 0. The first kappa shape index (κ1) is 15.0. The molecular weight excluding hydrogens is 272 g/mol. The quantitative estimate of drug-likeness (QED) is 0.943. The van der Waals surface area contributed by atoms with Crippen molar-refractivity contribution in [2.24, 2.45) is 5.73 Å². The van der Waals surface area contributed by atoms with Crippen LogP contribution in [0.5, 0.6) is 0 Å². The van der Waals surface area contributed by atoms with Crippen molar-refractivity contribution in [1.82, 2.24) is 4.57 Å². The van der Waals surface area contributed by atoms with Gasteiger partial charge >= 0.3 is 0 Å². The standard InChI is InChI=1S/C19H24N2O/c1-13(2)21-18(10-9-17(12-20)19(21)22)16-8-7-14-5-3-4-6-15(14)11-16/h7-11,13H,3-6,12,20H2,1-2H3. The molecule has 0 radical (unpaired) electrons. The maximum Gasteiger partial charge on any atom is 0.255 e. The van der Waals surface area contributed by atoms with Gasteiger partial charge in [0.15, 0.2) is 0 Å². The minimum Gasteiger partial charge on any atom is -0.326 e. The van der Waals surface area contributed by atoms with E-state index in [9.17, 15) is 4.79 Å². The van der Waals surface area contributed by atoms with E-state index in [-0.39, 0.29) is 18.1 Å². The number of nitrogens with two attached hydrogens (primary N) is 1. The van der Waals surface area contributed by atoms with Gasteiger partial charge in [0.05, 0.1) is 5.69 Å². The highest BCUT2D eigenvalue weighted by Crippen LogP contribution is 2.28. The van der Waals surface area contributed by atoms with Crippen LogP contribution in [-0.2, 0) is 19.4 Å². The van der Waals surface area contributed by atoms with E-state index in [1.54, 1.807) is 0 Å². The number of hydrogen-bond donors (Lipinski definition) is 1. The molecule has 1 aliphatic carbocycles. The van der Waals surface area contributed by atoms with Crippen LogP contribution in [0.2, 0.25) is 0 Å². The Hall–Kier alpha value is -1.87. The molecule has 0 bridgehead atoms. The van der Waals surface area contributed by atoms with Crippen molar-refractivity contribution in [3.05, 3.63) is 57.4 Å². The summed E-state index contributed by atoms with van der Waals surface area (Å²) in [7, 11) is 0. The van der Waals surface area contributed by atoms with Crippen LogP contribution in [0.25, 0.3) is 11.3 Å². The van der Waals surface area contributed by atoms with Crippen LogP contribution in [0.15, 0.2) is 35.1 Å². The third-order valence-electron chi connectivity index (χ3n) is 4.58. The fourth-order valence-electron chi connectivity index (χ4n) is 3.39. The van der Waals surface area contributed by atoms with E-state index in [1.807, 2.05) is 30.5 Å². The molecular formula is C19H24N2O. The van der Waals surface area contributed by atoms with Crippen LogP contribution in [-0.4, -0.2) is 4.57 Å². The Morgan fingerprint density at radius 3 is 2.50 bits per heavy atom. The molecule has 1 aromatic carbocycles. The number of nitrogens with zero attached hydrogens (tertiary/aromatic N) is 1. The molecule has 1 aromatic heterocycles. The van der Waals surface area contributed by atoms with Crippen LogP contribution in [0.3, 0.4) is 0 Å². The zero-order valence-electron chi connectivity index (χ0n) is 13.4. The minimum absolute atomic E-state index is 0.0349.